The van der Waals surface area contributed by atoms with Gasteiger partial charge in [-0.25, -0.2) is 0 Å². The predicted octanol–water partition coefficient (Wildman–Crippen LogP) is 3.00. The molecule has 96 valence electrons. The lowest BCUT2D eigenvalue weighted by Gasteiger charge is -2.16. The Hall–Kier alpha value is -1.92. The summed E-state index contributed by atoms with van der Waals surface area (Å²) in [5.41, 5.74) is 0.465. The van der Waals surface area contributed by atoms with Crippen LogP contribution in [-0.4, -0.2) is 12.4 Å². The standard InChI is InChI=1S/C16H15O2P/c1-3-15(17)14-11-7-8-12-16(14)19(2,18)13-9-5-4-6-10-13/h3-12H,1H2,2H3. The molecule has 2 aromatic carbocycles. The highest BCUT2D eigenvalue weighted by atomic mass is 31.2. The van der Waals surface area contributed by atoms with E-state index in [0.29, 0.717) is 10.9 Å². The van der Waals surface area contributed by atoms with Crippen LogP contribution in [0.3, 0.4) is 0 Å². The third-order valence-corrected chi connectivity index (χ3v) is 5.66. The molecule has 2 nitrogen and oxygen atoms in total. The van der Waals surface area contributed by atoms with Crippen molar-refractivity contribution in [1.82, 2.24) is 0 Å². The maximum Gasteiger partial charge on any atom is 0.186 e. The van der Waals surface area contributed by atoms with Crippen molar-refractivity contribution >= 4 is 23.5 Å². The van der Waals surface area contributed by atoms with Crippen LogP contribution in [-0.2, 0) is 4.57 Å². The Morgan fingerprint density at radius 2 is 1.63 bits per heavy atom. The van der Waals surface area contributed by atoms with Crippen LogP contribution in [0, 0.1) is 0 Å². The molecule has 0 fully saturated rings. The smallest absolute Gasteiger partial charge is 0.186 e. The molecule has 0 saturated carbocycles. The molecule has 1 unspecified atom stereocenters. The number of carbonyl (C=O) groups is 1. The van der Waals surface area contributed by atoms with Gasteiger partial charge in [0.15, 0.2) is 5.78 Å². The Labute approximate surface area is 113 Å². The summed E-state index contributed by atoms with van der Waals surface area (Å²) in [5.74, 6) is -0.200. The molecule has 0 aromatic heterocycles. The fourth-order valence-electron chi connectivity index (χ4n) is 2.02. The summed E-state index contributed by atoms with van der Waals surface area (Å²) in [5, 5.41) is 1.34. The van der Waals surface area contributed by atoms with E-state index in [9.17, 15) is 9.36 Å². The third-order valence-electron chi connectivity index (χ3n) is 3.06. The summed E-state index contributed by atoms with van der Waals surface area (Å²) < 4.78 is 13.1. The first-order valence-electron chi connectivity index (χ1n) is 5.97. The van der Waals surface area contributed by atoms with Crippen LogP contribution >= 0.6 is 7.14 Å². The molecular weight excluding hydrogens is 255 g/mol. The Balaban J connectivity index is 2.62. The Bertz CT molecular complexity index is 659. The first kappa shape index (κ1) is 13.5. The maximum absolute atomic E-state index is 13.1. The fourth-order valence-corrected chi connectivity index (χ4v) is 4.05. The van der Waals surface area contributed by atoms with Crippen LogP contribution in [0.1, 0.15) is 10.4 Å². The van der Waals surface area contributed by atoms with Crippen molar-refractivity contribution in [3.05, 3.63) is 72.8 Å². The zero-order chi connectivity index (χ0) is 13.9. The minimum absolute atomic E-state index is 0.200. The normalized spacial score (nSPS) is 13.5. The molecule has 2 rings (SSSR count). The Kier molecular flexibility index (Phi) is 3.82. The second-order valence-corrected chi connectivity index (χ2v) is 7.19. The van der Waals surface area contributed by atoms with Crippen molar-refractivity contribution in [3.8, 4) is 0 Å². The molecule has 0 saturated heterocycles. The number of benzene rings is 2. The van der Waals surface area contributed by atoms with Crippen molar-refractivity contribution in [2.45, 2.75) is 0 Å². The zero-order valence-corrected chi connectivity index (χ0v) is 11.6. The molecule has 0 radical (unpaired) electrons. The first-order valence-corrected chi connectivity index (χ1v) is 8.12. The van der Waals surface area contributed by atoms with Gasteiger partial charge in [-0.3, -0.25) is 4.79 Å². The number of carbonyl (C=O) groups excluding carboxylic acids is 1. The van der Waals surface area contributed by atoms with Gasteiger partial charge >= 0.3 is 0 Å². The Morgan fingerprint density at radius 1 is 1.05 bits per heavy atom. The second kappa shape index (κ2) is 5.38. The average molecular weight is 270 g/mol. The summed E-state index contributed by atoms with van der Waals surface area (Å²) in [7, 11) is -2.77. The largest absolute Gasteiger partial charge is 0.314 e. The molecular formula is C16H15O2P. The molecule has 2 aromatic rings. The van der Waals surface area contributed by atoms with Crippen LogP contribution in [0.4, 0.5) is 0 Å². The lowest BCUT2D eigenvalue weighted by atomic mass is 10.1. The van der Waals surface area contributed by atoms with Gasteiger partial charge < -0.3 is 4.57 Å². The van der Waals surface area contributed by atoms with Gasteiger partial charge in [0.2, 0.25) is 0 Å². The lowest BCUT2D eigenvalue weighted by molar-refractivity contribution is 0.104. The minimum Gasteiger partial charge on any atom is -0.314 e. The van der Waals surface area contributed by atoms with Gasteiger partial charge in [-0.05, 0) is 12.7 Å². The van der Waals surface area contributed by atoms with E-state index in [-0.39, 0.29) is 5.78 Å². The van der Waals surface area contributed by atoms with Crippen LogP contribution in [0.15, 0.2) is 67.3 Å². The van der Waals surface area contributed by atoms with Gasteiger partial charge in [0.1, 0.15) is 7.14 Å². The molecule has 19 heavy (non-hydrogen) atoms. The molecule has 0 bridgehead atoms. The Morgan fingerprint density at radius 3 is 2.26 bits per heavy atom. The number of hydrogen-bond acceptors (Lipinski definition) is 2. The van der Waals surface area contributed by atoms with E-state index in [1.54, 1.807) is 30.9 Å². The number of rotatable bonds is 4. The number of hydrogen-bond donors (Lipinski definition) is 0. The van der Waals surface area contributed by atoms with Gasteiger partial charge in [-0.1, -0.05) is 61.2 Å². The van der Waals surface area contributed by atoms with Gasteiger partial charge in [0, 0.05) is 16.2 Å². The average Bonchev–Trinajstić information content (AvgIpc) is 2.47. The molecule has 1 atom stereocenters. The highest BCUT2D eigenvalue weighted by Gasteiger charge is 2.25. The van der Waals surface area contributed by atoms with Crippen molar-refractivity contribution in [2.24, 2.45) is 0 Å². The molecule has 0 heterocycles. The maximum atomic E-state index is 13.1. The van der Waals surface area contributed by atoms with E-state index < -0.39 is 7.14 Å². The van der Waals surface area contributed by atoms with Gasteiger partial charge in [0.05, 0.1) is 0 Å². The number of allylic oxidation sites excluding steroid dienone is 1. The second-order valence-electron chi connectivity index (χ2n) is 4.35. The van der Waals surface area contributed by atoms with E-state index in [1.165, 1.54) is 6.08 Å². The monoisotopic (exact) mass is 270 g/mol. The zero-order valence-electron chi connectivity index (χ0n) is 10.7. The molecule has 0 amide bonds. The predicted molar refractivity (Wildman–Crippen MR) is 80.2 cm³/mol. The van der Waals surface area contributed by atoms with Crippen LogP contribution in [0.5, 0.6) is 0 Å². The van der Waals surface area contributed by atoms with E-state index in [2.05, 4.69) is 6.58 Å². The quantitative estimate of drug-likeness (QED) is 0.486. The van der Waals surface area contributed by atoms with Crippen molar-refractivity contribution < 1.29 is 9.36 Å². The highest BCUT2D eigenvalue weighted by molar-refractivity contribution is 7.78. The molecule has 0 aliphatic heterocycles. The highest BCUT2D eigenvalue weighted by Crippen LogP contribution is 2.39. The molecule has 3 heteroatoms. The molecule has 0 aliphatic rings. The van der Waals surface area contributed by atoms with E-state index in [4.69, 9.17) is 0 Å². The topological polar surface area (TPSA) is 34.1 Å². The third kappa shape index (κ3) is 2.59. The van der Waals surface area contributed by atoms with Crippen LogP contribution in [0.2, 0.25) is 0 Å². The number of ketones is 1. The van der Waals surface area contributed by atoms with Crippen molar-refractivity contribution in [3.63, 3.8) is 0 Å². The summed E-state index contributed by atoms with van der Waals surface area (Å²) in [6.45, 7) is 5.19. The lowest BCUT2D eigenvalue weighted by Crippen LogP contribution is -2.20. The first-order chi connectivity index (χ1) is 9.07. The summed E-state index contributed by atoms with van der Waals surface area (Å²) >= 11 is 0. The van der Waals surface area contributed by atoms with Gasteiger partial charge in [0.25, 0.3) is 0 Å². The SMILES string of the molecule is C=CC(=O)c1ccccc1P(C)(=O)c1ccccc1. The molecule has 0 spiro atoms. The van der Waals surface area contributed by atoms with E-state index in [0.717, 1.165) is 5.30 Å². The van der Waals surface area contributed by atoms with Crippen molar-refractivity contribution in [2.75, 3.05) is 6.66 Å². The van der Waals surface area contributed by atoms with Gasteiger partial charge in [-0.2, -0.15) is 0 Å². The van der Waals surface area contributed by atoms with Crippen LogP contribution in [0.25, 0.3) is 0 Å². The van der Waals surface area contributed by atoms with E-state index in [1.807, 2.05) is 30.3 Å². The van der Waals surface area contributed by atoms with Gasteiger partial charge in [-0.15, -0.1) is 0 Å². The summed E-state index contributed by atoms with van der Waals surface area (Å²) in [6.07, 6.45) is 1.25. The summed E-state index contributed by atoms with van der Waals surface area (Å²) in [6, 6.07) is 16.3. The van der Waals surface area contributed by atoms with Crippen molar-refractivity contribution in [1.29, 1.82) is 0 Å². The van der Waals surface area contributed by atoms with Crippen LogP contribution < -0.4 is 10.6 Å². The van der Waals surface area contributed by atoms with E-state index >= 15 is 0 Å². The molecule has 0 aliphatic carbocycles. The summed E-state index contributed by atoms with van der Waals surface area (Å²) in [4.78, 5) is 11.9. The minimum atomic E-state index is -2.77. The fraction of sp³-hybridized carbons (Fsp3) is 0.0625. The molecule has 0 N–H and O–H groups in total.